The van der Waals surface area contributed by atoms with Crippen LogP contribution in [0.4, 0.5) is 14.6 Å². The summed E-state index contributed by atoms with van der Waals surface area (Å²) >= 11 is 6.44. The number of aromatic amines is 1. The van der Waals surface area contributed by atoms with Crippen LogP contribution in [0.5, 0.6) is 5.75 Å². The Morgan fingerprint density at radius 1 is 1.32 bits per heavy atom. The van der Waals surface area contributed by atoms with E-state index >= 15 is 4.39 Å². The number of aromatic nitrogens is 4. The van der Waals surface area contributed by atoms with Crippen molar-refractivity contribution in [2.45, 2.75) is 31.5 Å². The van der Waals surface area contributed by atoms with Crippen LogP contribution in [0.2, 0.25) is 5.02 Å². The summed E-state index contributed by atoms with van der Waals surface area (Å²) in [6.07, 6.45) is 5.88. The number of benzene rings is 1. The molecule has 10 heteroatoms. The molecule has 0 bridgehead atoms. The molecule has 0 saturated heterocycles. The van der Waals surface area contributed by atoms with E-state index in [4.69, 9.17) is 16.3 Å². The van der Waals surface area contributed by atoms with E-state index in [1.807, 2.05) is 0 Å². The van der Waals surface area contributed by atoms with Gasteiger partial charge < -0.3 is 14.5 Å². The average molecular weight is 444 g/mol. The number of rotatable bonds is 5. The van der Waals surface area contributed by atoms with E-state index < -0.39 is 17.9 Å². The zero-order valence-electron chi connectivity index (χ0n) is 16.0. The Bertz CT molecular complexity index is 1360. The Morgan fingerprint density at radius 3 is 2.87 bits per heavy atom. The van der Waals surface area contributed by atoms with Crippen LogP contribution < -0.4 is 10.1 Å². The van der Waals surface area contributed by atoms with E-state index in [2.05, 4.69) is 20.5 Å². The number of carbonyl (C=O) groups is 1. The third-order valence-electron chi connectivity index (χ3n) is 5.60. The summed E-state index contributed by atoms with van der Waals surface area (Å²) in [7, 11) is 0. The fourth-order valence-corrected chi connectivity index (χ4v) is 3.98. The molecule has 7 nitrogen and oxygen atoms in total. The first-order chi connectivity index (χ1) is 15.0. The van der Waals surface area contributed by atoms with Gasteiger partial charge in [-0.25, -0.2) is 13.8 Å². The fourth-order valence-electron chi connectivity index (χ4n) is 3.69. The Hall–Kier alpha value is -3.20. The van der Waals surface area contributed by atoms with Gasteiger partial charge in [-0.05, 0) is 31.4 Å². The zero-order valence-corrected chi connectivity index (χ0v) is 16.8. The summed E-state index contributed by atoms with van der Waals surface area (Å²) in [6.45, 7) is 0. The summed E-state index contributed by atoms with van der Waals surface area (Å²) in [4.78, 5) is 16.3. The van der Waals surface area contributed by atoms with Crippen LogP contribution in [-0.2, 0) is 4.79 Å². The van der Waals surface area contributed by atoms with Crippen molar-refractivity contribution in [1.82, 2.24) is 19.6 Å². The highest BCUT2D eigenvalue weighted by Crippen LogP contribution is 2.44. The lowest BCUT2D eigenvalue weighted by Gasteiger charge is -2.13. The van der Waals surface area contributed by atoms with E-state index in [1.54, 1.807) is 35.1 Å². The second-order valence-electron chi connectivity index (χ2n) is 7.96. The van der Waals surface area contributed by atoms with Crippen LogP contribution in [-0.4, -0.2) is 37.8 Å². The standard InChI is InChI=1S/C21H16ClF2N5O2/c22-17-16(12-6-25-28-19(12)20(18(17)24)31-10-2-3-10)9-1-4-15-26-14(8-29(15)7-9)27-21(30)11-5-13(11)23/h1,4,6-8,10-11,13H,2-3,5H2,(H,25,28)(H,27,30)/t11-,13+/m1/s1. The predicted molar refractivity (Wildman–Crippen MR) is 111 cm³/mol. The van der Waals surface area contributed by atoms with Gasteiger partial charge >= 0.3 is 0 Å². The van der Waals surface area contributed by atoms with Crippen molar-refractivity contribution in [2.75, 3.05) is 5.32 Å². The number of pyridine rings is 1. The van der Waals surface area contributed by atoms with Crippen molar-refractivity contribution >= 4 is 39.9 Å². The Balaban J connectivity index is 1.41. The highest BCUT2D eigenvalue weighted by molar-refractivity contribution is 6.35. The van der Waals surface area contributed by atoms with Crippen molar-refractivity contribution in [3.63, 3.8) is 0 Å². The van der Waals surface area contributed by atoms with Gasteiger partial charge in [-0.1, -0.05) is 11.6 Å². The van der Waals surface area contributed by atoms with Gasteiger partial charge in [0, 0.05) is 22.7 Å². The number of halogens is 3. The molecular weight excluding hydrogens is 428 g/mol. The summed E-state index contributed by atoms with van der Waals surface area (Å²) in [5, 5.41) is 10.1. The van der Waals surface area contributed by atoms with E-state index in [0.29, 0.717) is 33.5 Å². The monoisotopic (exact) mass is 443 g/mol. The van der Waals surface area contributed by atoms with Gasteiger partial charge in [-0.15, -0.1) is 0 Å². The van der Waals surface area contributed by atoms with Crippen LogP contribution >= 0.6 is 11.6 Å². The van der Waals surface area contributed by atoms with Crippen LogP contribution in [0.1, 0.15) is 19.3 Å². The van der Waals surface area contributed by atoms with Gasteiger partial charge in [0.25, 0.3) is 0 Å². The largest absolute Gasteiger partial charge is 0.485 e. The number of hydrogen-bond donors (Lipinski definition) is 2. The first-order valence-corrected chi connectivity index (χ1v) is 10.3. The smallest absolute Gasteiger partial charge is 0.231 e. The van der Waals surface area contributed by atoms with E-state index in [1.165, 1.54) is 0 Å². The number of amides is 1. The topological polar surface area (TPSA) is 84.3 Å². The van der Waals surface area contributed by atoms with Crippen molar-refractivity contribution in [1.29, 1.82) is 0 Å². The molecule has 1 amide bonds. The molecule has 2 aliphatic rings. The zero-order chi connectivity index (χ0) is 21.3. The molecule has 2 fully saturated rings. The number of nitrogens with zero attached hydrogens (tertiary/aromatic N) is 3. The molecule has 2 atom stereocenters. The Kier molecular flexibility index (Phi) is 3.98. The fraction of sp³-hybridized carbons (Fsp3) is 0.286. The maximum Gasteiger partial charge on any atom is 0.231 e. The molecule has 0 spiro atoms. The van der Waals surface area contributed by atoms with Gasteiger partial charge in [0.15, 0.2) is 17.4 Å². The number of ether oxygens (including phenoxy) is 1. The molecule has 2 N–H and O–H groups in total. The first-order valence-electron chi connectivity index (χ1n) is 9.94. The first kappa shape index (κ1) is 18.6. The lowest BCUT2D eigenvalue weighted by molar-refractivity contribution is -0.117. The third-order valence-corrected chi connectivity index (χ3v) is 5.95. The number of H-pyrrole nitrogens is 1. The number of anilines is 1. The molecule has 2 saturated carbocycles. The van der Waals surface area contributed by atoms with Crippen molar-refractivity contribution in [2.24, 2.45) is 5.92 Å². The van der Waals surface area contributed by atoms with Crippen molar-refractivity contribution in [3.8, 4) is 16.9 Å². The highest BCUT2D eigenvalue weighted by Gasteiger charge is 2.43. The quantitative estimate of drug-likeness (QED) is 0.475. The molecule has 0 radical (unpaired) electrons. The molecule has 0 aliphatic heterocycles. The van der Waals surface area contributed by atoms with Gasteiger partial charge in [-0.3, -0.25) is 9.89 Å². The Morgan fingerprint density at radius 2 is 2.13 bits per heavy atom. The molecule has 0 unspecified atom stereocenters. The minimum atomic E-state index is -1.08. The van der Waals surface area contributed by atoms with Crippen LogP contribution in [0.3, 0.4) is 0 Å². The van der Waals surface area contributed by atoms with Crippen molar-refractivity contribution in [3.05, 3.63) is 41.6 Å². The molecule has 1 aromatic carbocycles. The van der Waals surface area contributed by atoms with E-state index in [0.717, 1.165) is 12.8 Å². The number of nitrogens with one attached hydrogen (secondary N) is 2. The van der Waals surface area contributed by atoms with E-state index in [9.17, 15) is 9.18 Å². The van der Waals surface area contributed by atoms with Crippen LogP contribution in [0, 0.1) is 11.7 Å². The summed E-state index contributed by atoms with van der Waals surface area (Å²) in [5.41, 5.74) is 2.14. The average Bonchev–Trinajstić information content (AvgIpc) is 3.61. The lowest BCUT2D eigenvalue weighted by Crippen LogP contribution is -2.15. The molecule has 31 heavy (non-hydrogen) atoms. The van der Waals surface area contributed by atoms with Crippen LogP contribution in [0.15, 0.2) is 30.7 Å². The van der Waals surface area contributed by atoms with Crippen LogP contribution in [0.25, 0.3) is 27.7 Å². The maximum absolute atomic E-state index is 15.1. The summed E-state index contributed by atoms with van der Waals surface area (Å²) < 4.78 is 35.6. The lowest BCUT2D eigenvalue weighted by atomic mass is 10.0. The number of fused-ring (bicyclic) bond motifs is 2. The molecule has 3 heterocycles. The predicted octanol–water partition coefficient (Wildman–Crippen LogP) is 4.51. The van der Waals surface area contributed by atoms with Crippen molar-refractivity contribution < 1.29 is 18.3 Å². The normalized spacial score (nSPS) is 20.4. The summed E-state index contributed by atoms with van der Waals surface area (Å²) in [6, 6.07) is 3.50. The molecule has 3 aromatic heterocycles. The van der Waals surface area contributed by atoms with Gasteiger partial charge in [0.05, 0.1) is 29.4 Å². The van der Waals surface area contributed by atoms with E-state index in [-0.39, 0.29) is 29.2 Å². The Labute approximate surface area is 179 Å². The van der Waals surface area contributed by atoms with Gasteiger partial charge in [0.1, 0.15) is 17.3 Å². The number of alkyl halides is 1. The molecule has 2 aliphatic carbocycles. The van der Waals surface area contributed by atoms with Gasteiger partial charge in [-0.2, -0.15) is 5.10 Å². The second-order valence-corrected chi connectivity index (χ2v) is 8.34. The summed E-state index contributed by atoms with van der Waals surface area (Å²) in [5.74, 6) is -1.21. The minimum absolute atomic E-state index is 0.00200. The SMILES string of the molecule is O=C(Nc1cn2cc(-c3c(Cl)c(F)c(OC4CC4)c4[nH]ncc34)ccc2n1)[C@@H]1C[C@@H]1F. The highest BCUT2D eigenvalue weighted by atomic mass is 35.5. The molecule has 4 aromatic rings. The second kappa shape index (κ2) is 6.65. The molecule has 6 rings (SSSR count). The number of carbonyl (C=O) groups excluding carboxylic acids is 1. The number of hydrogen-bond acceptors (Lipinski definition) is 4. The number of imidazole rings is 1. The minimum Gasteiger partial charge on any atom is -0.485 e. The van der Waals surface area contributed by atoms with Gasteiger partial charge in [0.2, 0.25) is 5.91 Å². The maximum atomic E-state index is 15.1. The molecular formula is C21H16ClF2N5O2. The molecule has 158 valence electrons. The third kappa shape index (κ3) is 3.11.